The van der Waals surface area contributed by atoms with E-state index >= 15 is 0 Å². The van der Waals surface area contributed by atoms with Gasteiger partial charge >= 0.3 is 0 Å². The minimum absolute atomic E-state index is 0.113. The predicted octanol–water partition coefficient (Wildman–Crippen LogP) is 3.35. The minimum Gasteiger partial charge on any atom is -0.494 e. The highest BCUT2D eigenvalue weighted by molar-refractivity contribution is 9.10. The zero-order chi connectivity index (χ0) is 20.0. The fourth-order valence-corrected chi connectivity index (χ4v) is 3.86. The summed E-state index contributed by atoms with van der Waals surface area (Å²) >= 11 is 3.37. The summed E-state index contributed by atoms with van der Waals surface area (Å²) in [5, 5.41) is 2.82. The number of carbonyl (C=O) groups is 1. The number of rotatable bonds is 8. The maximum Gasteiger partial charge on any atom is 0.243 e. The quantitative estimate of drug-likeness (QED) is 0.663. The fourth-order valence-electron chi connectivity index (χ4n) is 2.46. The van der Waals surface area contributed by atoms with Crippen molar-refractivity contribution in [2.24, 2.45) is 0 Å². The van der Waals surface area contributed by atoms with E-state index in [1.165, 1.54) is 19.2 Å². The largest absolute Gasteiger partial charge is 0.494 e. The Hall–Kier alpha value is -1.90. The zero-order valence-electron chi connectivity index (χ0n) is 15.5. The molecule has 1 N–H and O–H groups in total. The van der Waals surface area contributed by atoms with E-state index in [2.05, 4.69) is 21.2 Å². The molecule has 8 heteroatoms. The van der Waals surface area contributed by atoms with Crippen LogP contribution in [-0.2, 0) is 14.8 Å². The molecule has 0 bridgehead atoms. The Morgan fingerprint density at radius 3 is 2.30 bits per heavy atom. The molecule has 0 fully saturated rings. The molecule has 2 aromatic carbocycles. The number of ether oxygens (including phenoxy) is 1. The molecule has 27 heavy (non-hydrogen) atoms. The summed E-state index contributed by atoms with van der Waals surface area (Å²) in [5.41, 5.74) is 0.934. The number of likely N-dealkylation sites (N-methyl/N-ethyl adjacent to an activating group) is 1. The second-order valence-electron chi connectivity index (χ2n) is 6.01. The molecule has 0 spiro atoms. The van der Waals surface area contributed by atoms with Gasteiger partial charge < -0.3 is 10.1 Å². The lowest BCUT2D eigenvalue weighted by Gasteiger charge is -2.19. The van der Waals surface area contributed by atoms with E-state index in [0.29, 0.717) is 12.4 Å². The number of nitrogens with one attached hydrogen (secondary N) is 1. The molecule has 1 unspecified atom stereocenters. The molecule has 2 aromatic rings. The van der Waals surface area contributed by atoms with Gasteiger partial charge in [-0.1, -0.05) is 28.1 Å². The second kappa shape index (κ2) is 9.34. The highest BCUT2D eigenvalue weighted by Gasteiger charge is 2.23. The van der Waals surface area contributed by atoms with Gasteiger partial charge in [0, 0.05) is 11.5 Å². The van der Waals surface area contributed by atoms with Gasteiger partial charge in [-0.05, 0) is 55.8 Å². The smallest absolute Gasteiger partial charge is 0.243 e. The van der Waals surface area contributed by atoms with Crippen molar-refractivity contribution in [1.29, 1.82) is 0 Å². The monoisotopic (exact) mass is 454 g/mol. The van der Waals surface area contributed by atoms with Crippen LogP contribution in [0.3, 0.4) is 0 Å². The van der Waals surface area contributed by atoms with Crippen LogP contribution < -0.4 is 10.1 Å². The maximum absolute atomic E-state index is 12.6. The van der Waals surface area contributed by atoms with E-state index in [9.17, 15) is 13.2 Å². The molecule has 0 aromatic heterocycles. The van der Waals surface area contributed by atoms with Crippen LogP contribution in [0.25, 0.3) is 0 Å². The minimum atomic E-state index is -3.76. The SMILES string of the molecule is CCOc1ccc(S(=O)(=O)N(C)CC(=O)NC(C)c2ccc(Br)cc2)cc1. The van der Waals surface area contributed by atoms with Gasteiger partial charge in [0.2, 0.25) is 15.9 Å². The number of hydrogen-bond acceptors (Lipinski definition) is 4. The van der Waals surface area contributed by atoms with E-state index in [1.54, 1.807) is 12.1 Å². The molecule has 0 aliphatic rings. The number of sulfonamides is 1. The third-order valence-electron chi connectivity index (χ3n) is 3.96. The van der Waals surface area contributed by atoms with Crippen LogP contribution >= 0.6 is 15.9 Å². The Balaban J connectivity index is 2.00. The van der Waals surface area contributed by atoms with Crippen molar-refractivity contribution in [1.82, 2.24) is 9.62 Å². The average Bonchev–Trinajstić information content (AvgIpc) is 2.62. The highest BCUT2D eigenvalue weighted by Crippen LogP contribution is 2.19. The predicted molar refractivity (Wildman–Crippen MR) is 108 cm³/mol. The van der Waals surface area contributed by atoms with Crippen molar-refractivity contribution in [2.75, 3.05) is 20.2 Å². The van der Waals surface area contributed by atoms with Gasteiger partial charge in [-0.3, -0.25) is 4.79 Å². The van der Waals surface area contributed by atoms with Crippen LogP contribution in [0.1, 0.15) is 25.5 Å². The van der Waals surface area contributed by atoms with Crippen molar-refractivity contribution in [3.05, 3.63) is 58.6 Å². The van der Waals surface area contributed by atoms with Gasteiger partial charge in [-0.15, -0.1) is 0 Å². The Kier molecular flexibility index (Phi) is 7.41. The first kappa shape index (κ1) is 21.4. The Labute approximate surface area is 168 Å². The number of carbonyl (C=O) groups excluding carboxylic acids is 1. The average molecular weight is 455 g/mol. The molecular weight excluding hydrogens is 432 g/mol. The van der Waals surface area contributed by atoms with Gasteiger partial charge in [-0.25, -0.2) is 8.42 Å². The summed E-state index contributed by atoms with van der Waals surface area (Å²) in [7, 11) is -2.38. The lowest BCUT2D eigenvalue weighted by atomic mass is 10.1. The van der Waals surface area contributed by atoms with Gasteiger partial charge in [0.15, 0.2) is 0 Å². The molecular formula is C19H23BrN2O4S. The molecule has 2 rings (SSSR count). The normalized spacial score (nSPS) is 12.6. The Morgan fingerprint density at radius 1 is 1.15 bits per heavy atom. The number of nitrogens with zero attached hydrogens (tertiary/aromatic N) is 1. The molecule has 1 atom stereocenters. The van der Waals surface area contributed by atoms with Gasteiger partial charge in [0.25, 0.3) is 0 Å². The molecule has 0 aliphatic carbocycles. The topological polar surface area (TPSA) is 75.7 Å². The van der Waals surface area contributed by atoms with Crippen LogP contribution in [0.5, 0.6) is 5.75 Å². The molecule has 6 nitrogen and oxygen atoms in total. The van der Waals surface area contributed by atoms with Crippen molar-refractivity contribution in [3.63, 3.8) is 0 Å². The van der Waals surface area contributed by atoms with Crippen molar-refractivity contribution < 1.29 is 17.9 Å². The number of benzene rings is 2. The van der Waals surface area contributed by atoms with Gasteiger partial charge in [0.1, 0.15) is 5.75 Å². The molecule has 0 saturated carbocycles. The van der Waals surface area contributed by atoms with E-state index in [4.69, 9.17) is 4.74 Å². The number of amides is 1. The molecule has 0 radical (unpaired) electrons. The zero-order valence-corrected chi connectivity index (χ0v) is 17.9. The Morgan fingerprint density at radius 2 is 1.74 bits per heavy atom. The standard InChI is InChI=1S/C19H23BrN2O4S/c1-4-26-17-9-11-18(12-10-17)27(24,25)22(3)13-19(23)21-14(2)15-5-7-16(20)8-6-15/h5-12,14H,4,13H2,1-3H3,(H,21,23). The maximum atomic E-state index is 12.6. The first-order valence-corrected chi connectivity index (χ1v) is 10.7. The van der Waals surface area contributed by atoms with E-state index in [0.717, 1.165) is 14.3 Å². The first-order chi connectivity index (χ1) is 12.7. The summed E-state index contributed by atoms with van der Waals surface area (Å²) < 4.78 is 32.6. The summed E-state index contributed by atoms with van der Waals surface area (Å²) in [6.45, 7) is 3.94. The summed E-state index contributed by atoms with van der Waals surface area (Å²) in [6.07, 6.45) is 0. The summed E-state index contributed by atoms with van der Waals surface area (Å²) in [6, 6.07) is 13.5. The second-order valence-corrected chi connectivity index (χ2v) is 8.97. The molecule has 0 saturated heterocycles. The lowest BCUT2D eigenvalue weighted by molar-refractivity contribution is -0.121. The van der Waals surface area contributed by atoms with E-state index < -0.39 is 10.0 Å². The lowest BCUT2D eigenvalue weighted by Crippen LogP contribution is -2.39. The van der Waals surface area contributed by atoms with Gasteiger partial charge in [0.05, 0.1) is 24.1 Å². The van der Waals surface area contributed by atoms with E-state index in [-0.39, 0.29) is 23.4 Å². The van der Waals surface area contributed by atoms with Crippen LogP contribution in [0, 0.1) is 0 Å². The number of hydrogen-bond donors (Lipinski definition) is 1. The third kappa shape index (κ3) is 5.79. The molecule has 146 valence electrons. The van der Waals surface area contributed by atoms with E-state index in [1.807, 2.05) is 38.1 Å². The Bertz CT molecular complexity index is 868. The highest BCUT2D eigenvalue weighted by atomic mass is 79.9. The summed E-state index contributed by atoms with van der Waals surface area (Å²) in [4.78, 5) is 12.4. The first-order valence-electron chi connectivity index (χ1n) is 8.48. The summed E-state index contributed by atoms with van der Waals surface area (Å²) in [5.74, 6) is 0.225. The molecule has 0 heterocycles. The van der Waals surface area contributed by atoms with Gasteiger partial charge in [-0.2, -0.15) is 4.31 Å². The third-order valence-corrected chi connectivity index (χ3v) is 6.30. The van der Waals surface area contributed by atoms with Crippen molar-refractivity contribution in [3.8, 4) is 5.75 Å². The van der Waals surface area contributed by atoms with Crippen LogP contribution in [0.2, 0.25) is 0 Å². The van der Waals surface area contributed by atoms with Crippen molar-refractivity contribution in [2.45, 2.75) is 24.8 Å². The molecule has 1 amide bonds. The van der Waals surface area contributed by atoms with Crippen LogP contribution in [-0.4, -0.2) is 38.8 Å². The van der Waals surface area contributed by atoms with Crippen LogP contribution in [0.15, 0.2) is 57.9 Å². The van der Waals surface area contributed by atoms with Crippen molar-refractivity contribution >= 4 is 31.9 Å². The number of halogens is 1. The molecule has 0 aliphatic heterocycles. The van der Waals surface area contributed by atoms with Crippen LogP contribution in [0.4, 0.5) is 0 Å². The fraction of sp³-hybridized carbons (Fsp3) is 0.316.